The minimum Gasteiger partial charge on any atom is -0.444 e. The van der Waals surface area contributed by atoms with Gasteiger partial charge in [0.1, 0.15) is 5.76 Å². The third-order valence-corrected chi connectivity index (χ3v) is 2.32. The van der Waals surface area contributed by atoms with E-state index in [-0.39, 0.29) is 6.04 Å². The molecule has 1 aromatic heterocycles. The second-order valence-corrected chi connectivity index (χ2v) is 3.65. The molecule has 1 saturated heterocycles. The number of hydrogen-bond donors (Lipinski definition) is 1. The van der Waals surface area contributed by atoms with Crippen LogP contribution in [0.1, 0.15) is 11.8 Å². The van der Waals surface area contributed by atoms with Crippen LogP contribution in [0.3, 0.4) is 0 Å². The molecule has 1 fully saturated rings. The van der Waals surface area contributed by atoms with Crippen LogP contribution in [0.25, 0.3) is 0 Å². The van der Waals surface area contributed by atoms with E-state index in [1.54, 1.807) is 0 Å². The average molecular weight is 196 g/mol. The number of morpholine rings is 1. The molecule has 4 heteroatoms. The molecule has 0 aromatic carbocycles. The summed E-state index contributed by atoms with van der Waals surface area (Å²) in [6.45, 7) is 2.38. The molecule has 1 aliphatic rings. The molecule has 14 heavy (non-hydrogen) atoms. The molecule has 0 spiro atoms. The van der Waals surface area contributed by atoms with Gasteiger partial charge in [-0.05, 0) is 6.07 Å². The van der Waals surface area contributed by atoms with Crippen LogP contribution in [-0.4, -0.2) is 33.9 Å². The Kier molecular flexibility index (Phi) is 2.74. The maximum Gasteiger partial charge on any atom is 0.195 e. The third kappa shape index (κ3) is 1.91. The smallest absolute Gasteiger partial charge is 0.195 e. The van der Waals surface area contributed by atoms with E-state index in [0.717, 1.165) is 24.8 Å². The van der Waals surface area contributed by atoms with E-state index >= 15 is 0 Å². The minimum atomic E-state index is 0.206. The number of rotatable bonds is 2. The molecule has 0 bridgehead atoms. The van der Waals surface area contributed by atoms with E-state index in [4.69, 9.17) is 9.15 Å². The molecule has 1 aromatic rings. The molecule has 1 atom stereocenters. The van der Waals surface area contributed by atoms with Crippen LogP contribution in [0.15, 0.2) is 16.5 Å². The molecule has 2 heterocycles. The average Bonchev–Trinajstić information content (AvgIpc) is 2.68. The Balaban J connectivity index is 2.07. The van der Waals surface area contributed by atoms with Gasteiger partial charge >= 0.3 is 0 Å². The largest absolute Gasteiger partial charge is 0.444 e. The second-order valence-electron chi connectivity index (χ2n) is 3.65. The van der Waals surface area contributed by atoms with Crippen molar-refractivity contribution in [2.45, 2.75) is 6.04 Å². The Hall–Kier alpha value is -1.00. The van der Waals surface area contributed by atoms with Gasteiger partial charge in [0.25, 0.3) is 0 Å². The van der Waals surface area contributed by atoms with Gasteiger partial charge in [-0.1, -0.05) is 0 Å². The number of ether oxygens (including phenoxy) is 1. The van der Waals surface area contributed by atoms with E-state index in [1.165, 1.54) is 0 Å². The highest BCUT2D eigenvalue weighted by atomic mass is 16.5. The Morgan fingerprint density at radius 1 is 1.43 bits per heavy atom. The summed E-state index contributed by atoms with van der Waals surface area (Å²) in [5, 5.41) is 3.35. The third-order valence-electron chi connectivity index (χ3n) is 2.32. The fraction of sp³-hybridized carbons (Fsp3) is 0.600. The van der Waals surface area contributed by atoms with Crippen molar-refractivity contribution in [2.24, 2.45) is 0 Å². The van der Waals surface area contributed by atoms with Crippen LogP contribution in [0.4, 0.5) is 5.88 Å². The van der Waals surface area contributed by atoms with Gasteiger partial charge in [0.05, 0.1) is 19.3 Å². The maximum atomic E-state index is 5.67. The molecule has 78 valence electrons. The molecule has 0 radical (unpaired) electrons. The number of nitrogens with one attached hydrogen (secondary N) is 1. The van der Waals surface area contributed by atoms with Crippen molar-refractivity contribution in [1.29, 1.82) is 0 Å². The SMILES string of the molecule is CN(C)c1ccc([C@H]2COCCN2)o1. The normalized spacial score (nSPS) is 22.3. The Labute approximate surface area is 83.8 Å². The lowest BCUT2D eigenvalue weighted by Gasteiger charge is -2.21. The monoisotopic (exact) mass is 196 g/mol. The van der Waals surface area contributed by atoms with Crippen molar-refractivity contribution < 1.29 is 9.15 Å². The van der Waals surface area contributed by atoms with Gasteiger partial charge in [-0.15, -0.1) is 0 Å². The lowest BCUT2D eigenvalue weighted by Crippen LogP contribution is -2.34. The van der Waals surface area contributed by atoms with Crippen molar-refractivity contribution in [3.63, 3.8) is 0 Å². The number of furan rings is 1. The molecule has 1 aliphatic heterocycles. The molecule has 0 saturated carbocycles. The zero-order valence-electron chi connectivity index (χ0n) is 8.62. The first-order chi connectivity index (χ1) is 6.77. The molecule has 0 unspecified atom stereocenters. The highest BCUT2D eigenvalue weighted by molar-refractivity contribution is 5.34. The summed E-state index contributed by atoms with van der Waals surface area (Å²) in [5.41, 5.74) is 0. The molecule has 0 amide bonds. The molecular weight excluding hydrogens is 180 g/mol. The zero-order chi connectivity index (χ0) is 9.97. The predicted octanol–water partition coefficient (Wildman–Crippen LogP) is 1.01. The van der Waals surface area contributed by atoms with Crippen molar-refractivity contribution in [3.05, 3.63) is 17.9 Å². The molecular formula is C10H16N2O2. The highest BCUT2D eigenvalue weighted by Crippen LogP contribution is 2.22. The second kappa shape index (κ2) is 4.02. The van der Waals surface area contributed by atoms with Gasteiger partial charge in [0.15, 0.2) is 5.88 Å². The standard InChI is InChI=1S/C10H16N2O2/c1-12(2)10-4-3-9(14-10)8-7-13-6-5-11-8/h3-4,8,11H,5-7H2,1-2H3/t8-/m1/s1. The molecule has 4 nitrogen and oxygen atoms in total. The number of anilines is 1. The Morgan fingerprint density at radius 3 is 2.86 bits per heavy atom. The topological polar surface area (TPSA) is 37.6 Å². The van der Waals surface area contributed by atoms with Crippen LogP contribution < -0.4 is 10.2 Å². The Bertz CT molecular complexity index is 290. The minimum absolute atomic E-state index is 0.206. The van der Waals surface area contributed by atoms with E-state index in [9.17, 15) is 0 Å². The van der Waals surface area contributed by atoms with Crippen LogP contribution in [0.2, 0.25) is 0 Å². The zero-order valence-corrected chi connectivity index (χ0v) is 8.62. The van der Waals surface area contributed by atoms with Gasteiger partial charge in [-0.25, -0.2) is 0 Å². The van der Waals surface area contributed by atoms with Gasteiger partial charge in [0.2, 0.25) is 0 Å². The lowest BCUT2D eigenvalue weighted by molar-refractivity contribution is 0.0701. The Morgan fingerprint density at radius 2 is 2.29 bits per heavy atom. The van der Waals surface area contributed by atoms with Crippen LogP contribution in [0.5, 0.6) is 0 Å². The van der Waals surface area contributed by atoms with Crippen molar-refractivity contribution >= 4 is 5.88 Å². The summed E-state index contributed by atoms with van der Waals surface area (Å²) in [7, 11) is 3.93. The van der Waals surface area contributed by atoms with Crippen LogP contribution >= 0.6 is 0 Å². The predicted molar refractivity (Wildman–Crippen MR) is 54.6 cm³/mol. The summed E-state index contributed by atoms with van der Waals surface area (Å²) in [5.74, 6) is 1.83. The first-order valence-electron chi connectivity index (χ1n) is 4.85. The molecule has 1 N–H and O–H groups in total. The van der Waals surface area contributed by atoms with Gasteiger partial charge in [-0.2, -0.15) is 0 Å². The summed E-state index contributed by atoms with van der Waals surface area (Å²) in [4.78, 5) is 1.95. The quantitative estimate of drug-likeness (QED) is 0.766. The summed E-state index contributed by atoms with van der Waals surface area (Å²) >= 11 is 0. The van der Waals surface area contributed by atoms with Crippen molar-refractivity contribution in [1.82, 2.24) is 5.32 Å². The highest BCUT2D eigenvalue weighted by Gasteiger charge is 2.18. The van der Waals surface area contributed by atoms with Crippen LogP contribution in [-0.2, 0) is 4.74 Å². The van der Waals surface area contributed by atoms with E-state index in [0.29, 0.717) is 6.61 Å². The van der Waals surface area contributed by atoms with E-state index < -0.39 is 0 Å². The van der Waals surface area contributed by atoms with Gasteiger partial charge in [-0.3, -0.25) is 0 Å². The van der Waals surface area contributed by atoms with Gasteiger partial charge < -0.3 is 19.4 Å². The van der Waals surface area contributed by atoms with Crippen molar-refractivity contribution in [2.75, 3.05) is 38.8 Å². The molecule has 0 aliphatic carbocycles. The van der Waals surface area contributed by atoms with Crippen LogP contribution in [0, 0.1) is 0 Å². The number of hydrogen-bond acceptors (Lipinski definition) is 4. The first kappa shape index (κ1) is 9.55. The fourth-order valence-electron chi connectivity index (χ4n) is 1.52. The lowest BCUT2D eigenvalue weighted by atomic mass is 10.2. The molecule has 2 rings (SSSR count). The number of nitrogens with zero attached hydrogens (tertiary/aromatic N) is 1. The van der Waals surface area contributed by atoms with Crippen molar-refractivity contribution in [3.8, 4) is 0 Å². The van der Waals surface area contributed by atoms with E-state index in [1.807, 2.05) is 31.1 Å². The van der Waals surface area contributed by atoms with E-state index in [2.05, 4.69) is 5.32 Å². The fourth-order valence-corrected chi connectivity index (χ4v) is 1.52. The maximum absolute atomic E-state index is 5.67. The summed E-state index contributed by atoms with van der Waals surface area (Å²) in [6, 6.07) is 4.19. The summed E-state index contributed by atoms with van der Waals surface area (Å²) < 4.78 is 11.0. The summed E-state index contributed by atoms with van der Waals surface area (Å²) in [6.07, 6.45) is 0. The van der Waals surface area contributed by atoms with Gasteiger partial charge in [0, 0.05) is 26.7 Å². The first-order valence-corrected chi connectivity index (χ1v) is 4.85.